The molecule has 8 heteroatoms. The van der Waals surface area contributed by atoms with E-state index in [1.165, 1.54) is 0 Å². The Hall–Kier alpha value is -3.86. The number of carbonyl (C=O) groups excluding carboxylic acids is 1. The molecule has 1 saturated heterocycles. The Labute approximate surface area is 167 Å². The van der Waals surface area contributed by atoms with Crippen LogP contribution in [-0.2, 0) is 11.3 Å². The maximum absolute atomic E-state index is 12.7. The number of ether oxygens (including phenoxy) is 1. The molecule has 1 aliphatic heterocycles. The van der Waals surface area contributed by atoms with E-state index in [1.54, 1.807) is 11.1 Å². The van der Waals surface area contributed by atoms with Crippen LogP contribution in [0, 0.1) is 5.39 Å². The normalized spacial score (nSPS) is 18.2. The van der Waals surface area contributed by atoms with E-state index in [0.717, 1.165) is 11.1 Å². The Morgan fingerprint density at radius 2 is 1.93 bits per heavy atom. The minimum absolute atomic E-state index is 0.173. The average Bonchev–Trinajstić information content (AvgIpc) is 3.41. The molecule has 1 N–H and O–H groups in total. The highest BCUT2D eigenvalue weighted by molar-refractivity contribution is 5.69. The van der Waals surface area contributed by atoms with Gasteiger partial charge in [-0.3, -0.25) is 4.90 Å². The van der Waals surface area contributed by atoms with E-state index in [2.05, 4.69) is 15.5 Å². The summed E-state index contributed by atoms with van der Waals surface area (Å²) in [4.78, 5) is 18.7. The van der Waals surface area contributed by atoms with Crippen molar-refractivity contribution in [3.63, 3.8) is 0 Å². The molecule has 0 aliphatic carbocycles. The lowest BCUT2D eigenvalue weighted by molar-refractivity contribution is 0.0875. The van der Waals surface area contributed by atoms with E-state index in [1.807, 2.05) is 60.7 Å². The number of hydrogen-bond donors (Lipinski definition) is 1. The van der Waals surface area contributed by atoms with Gasteiger partial charge in [-0.1, -0.05) is 60.7 Å². The van der Waals surface area contributed by atoms with Gasteiger partial charge < -0.3 is 9.15 Å². The van der Waals surface area contributed by atoms with Gasteiger partial charge in [0.1, 0.15) is 18.7 Å². The summed E-state index contributed by atoms with van der Waals surface area (Å²) in [6, 6.07) is 18.4. The monoisotopic (exact) mass is 390 g/mol. The Morgan fingerprint density at radius 3 is 2.66 bits per heavy atom. The number of nitrogens with one attached hydrogen (secondary N) is 1. The van der Waals surface area contributed by atoms with Crippen molar-refractivity contribution in [2.24, 2.45) is 0 Å². The topological polar surface area (TPSA) is 95.8 Å². The highest BCUT2D eigenvalue weighted by atomic mass is 16.6. The van der Waals surface area contributed by atoms with Crippen LogP contribution in [0.5, 0.6) is 0 Å². The van der Waals surface area contributed by atoms with Gasteiger partial charge in [0.15, 0.2) is 5.76 Å². The fourth-order valence-corrected chi connectivity index (χ4v) is 3.43. The first-order chi connectivity index (χ1) is 14.2. The molecule has 2 atom stereocenters. The maximum Gasteiger partial charge on any atom is 0.410 e. The van der Waals surface area contributed by atoms with E-state index >= 15 is 0 Å². The first-order valence-corrected chi connectivity index (χ1v) is 9.32. The smallest absolute Gasteiger partial charge is 0.410 e. The molecule has 0 saturated carbocycles. The summed E-state index contributed by atoms with van der Waals surface area (Å²) in [6.07, 6.45) is 1.66. The fraction of sp³-hybridized carbons (Fsp3) is 0.238. The third kappa shape index (κ3) is 4.19. The largest absolute Gasteiger partial charge is 0.445 e. The lowest BCUT2D eigenvalue weighted by Gasteiger charge is -2.21. The second kappa shape index (κ2) is 8.44. The molecule has 2 unspecified atom stereocenters. The molecule has 0 radical (unpaired) electrons. The zero-order chi connectivity index (χ0) is 20.1. The summed E-state index contributed by atoms with van der Waals surface area (Å²) < 4.78 is 11.4. The number of amides is 1. The van der Waals surface area contributed by atoms with Crippen LogP contribution in [0.25, 0.3) is 16.4 Å². The Bertz CT molecular complexity index is 1000. The van der Waals surface area contributed by atoms with Crippen LogP contribution < -0.4 is 5.43 Å². The number of rotatable bonds is 5. The molecule has 0 spiro atoms. The van der Waals surface area contributed by atoms with Gasteiger partial charge >= 0.3 is 11.2 Å². The van der Waals surface area contributed by atoms with Crippen LogP contribution >= 0.6 is 0 Å². The van der Waals surface area contributed by atoms with E-state index in [0.29, 0.717) is 24.6 Å². The molecule has 29 heavy (non-hydrogen) atoms. The van der Waals surface area contributed by atoms with Crippen LogP contribution in [0.15, 0.2) is 71.3 Å². The van der Waals surface area contributed by atoms with Crippen LogP contribution in [-0.4, -0.2) is 28.6 Å². The molecular weight excluding hydrogens is 370 g/mol. The van der Waals surface area contributed by atoms with Crippen LogP contribution in [0.1, 0.15) is 23.9 Å². The van der Waals surface area contributed by atoms with E-state index in [9.17, 15) is 4.79 Å². The lowest BCUT2D eigenvalue weighted by atomic mass is 10.2. The van der Waals surface area contributed by atoms with Crippen LogP contribution in [0.2, 0.25) is 0 Å². The van der Waals surface area contributed by atoms with Crippen molar-refractivity contribution in [1.29, 1.82) is 5.39 Å². The third-order valence-electron chi connectivity index (χ3n) is 4.85. The number of oxazole rings is 1. The standard InChI is InChI=1S/C21H20N5O3/c22-25-24-17-11-18(20-23-12-19(29-20)16-9-5-2-6-10-16)26(13-17)21(27)28-14-15-7-3-1-4-8-15/h1-10,12,17-18,24H,11,13-14H2/q+1. The first-order valence-electron chi connectivity index (χ1n) is 9.32. The Balaban J connectivity index is 1.51. The number of carbonyl (C=O) groups is 1. The van der Waals surface area contributed by atoms with Gasteiger partial charge in [-0.15, -0.1) is 0 Å². The molecular formula is C21H20N5O3+. The van der Waals surface area contributed by atoms with Crippen molar-refractivity contribution < 1.29 is 13.9 Å². The van der Waals surface area contributed by atoms with Gasteiger partial charge in [0.25, 0.3) is 5.39 Å². The number of hydrogen-bond acceptors (Lipinski definition) is 6. The number of likely N-dealkylation sites (tertiary alicyclic amines) is 1. The Kier molecular flexibility index (Phi) is 5.38. The molecule has 2 heterocycles. The SMILES string of the molecule is N#[N+]NC1CC(c2ncc(-c3ccccc3)o2)N(C(=O)OCc2ccccc2)C1. The molecule has 2 aromatic carbocycles. The van der Waals surface area contributed by atoms with Crippen molar-refractivity contribution in [2.45, 2.75) is 25.1 Å². The van der Waals surface area contributed by atoms with Crippen molar-refractivity contribution in [1.82, 2.24) is 15.3 Å². The van der Waals surface area contributed by atoms with E-state index in [-0.39, 0.29) is 12.6 Å². The minimum Gasteiger partial charge on any atom is -0.445 e. The third-order valence-corrected chi connectivity index (χ3v) is 4.85. The van der Waals surface area contributed by atoms with Gasteiger partial charge in [-0.2, -0.15) is 0 Å². The molecule has 1 amide bonds. The molecule has 1 aliphatic rings. The summed E-state index contributed by atoms with van der Waals surface area (Å²) in [5.41, 5.74) is 4.41. The number of aromatic nitrogens is 1. The second-order valence-corrected chi connectivity index (χ2v) is 6.80. The van der Waals surface area contributed by atoms with Gasteiger partial charge in [0, 0.05) is 12.0 Å². The summed E-state index contributed by atoms with van der Waals surface area (Å²) in [5.74, 6) is 1.05. The highest BCUT2D eigenvalue weighted by Crippen LogP contribution is 2.34. The van der Waals surface area contributed by atoms with Gasteiger partial charge in [-0.25, -0.2) is 9.78 Å². The summed E-state index contributed by atoms with van der Waals surface area (Å²) >= 11 is 0. The van der Waals surface area contributed by atoms with Crippen molar-refractivity contribution in [3.8, 4) is 11.3 Å². The summed E-state index contributed by atoms with van der Waals surface area (Å²) in [6.45, 7) is 0.484. The van der Waals surface area contributed by atoms with Crippen LogP contribution in [0.4, 0.5) is 4.79 Å². The number of nitrogens with zero attached hydrogens (tertiary/aromatic N) is 4. The van der Waals surface area contributed by atoms with Crippen LogP contribution in [0.3, 0.4) is 0 Å². The van der Waals surface area contributed by atoms with Crippen molar-refractivity contribution in [3.05, 3.63) is 83.4 Å². The second-order valence-electron chi connectivity index (χ2n) is 6.80. The van der Waals surface area contributed by atoms with E-state index < -0.39 is 12.1 Å². The molecule has 8 nitrogen and oxygen atoms in total. The number of benzene rings is 2. The lowest BCUT2D eigenvalue weighted by Crippen LogP contribution is -2.34. The molecule has 1 aromatic heterocycles. The zero-order valence-corrected chi connectivity index (χ0v) is 15.6. The number of diazo groups is 1. The van der Waals surface area contributed by atoms with Crippen molar-refractivity contribution in [2.75, 3.05) is 6.54 Å². The minimum atomic E-state index is -0.472. The van der Waals surface area contributed by atoms with Gasteiger partial charge in [-0.05, 0) is 11.0 Å². The molecule has 146 valence electrons. The molecule has 1 fully saturated rings. The fourth-order valence-electron chi connectivity index (χ4n) is 3.43. The van der Waals surface area contributed by atoms with Gasteiger partial charge in [0.2, 0.25) is 5.89 Å². The molecule has 4 rings (SSSR count). The van der Waals surface area contributed by atoms with E-state index in [4.69, 9.17) is 14.5 Å². The first kappa shape index (κ1) is 18.5. The van der Waals surface area contributed by atoms with Crippen molar-refractivity contribution >= 4 is 6.09 Å². The highest BCUT2D eigenvalue weighted by Gasteiger charge is 2.42. The zero-order valence-electron chi connectivity index (χ0n) is 15.6. The predicted octanol–water partition coefficient (Wildman–Crippen LogP) is 4.15. The van der Waals surface area contributed by atoms with Gasteiger partial charge in [0.05, 0.1) is 12.7 Å². The quantitative estimate of drug-likeness (QED) is 0.519. The average molecular weight is 390 g/mol. The molecule has 0 bridgehead atoms. The Morgan fingerprint density at radius 1 is 1.21 bits per heavy atom. The summed E-state index contributed by atoms with van der Waals surface area (Å²) in [5, 5.41) is 11.9. The predicted molar refractivity (Wildman–Crippen MR) is 105 cm³/mol. The summed E-state index contributed by atoms with van der Waals surface area (Å²) in [7, 11) is 0. The maximum atomic E-state index is 12.7. The molecule has 3 aromatic rings.